The molecule has 1 aromatic heterocycles. The van der Waals surface area contributed by atoms with Crippen molar-refractivity contribution in [1.82, 2.24) is 9.97 Å². The van der Waals surface area contributed by atoms with E-state index in [1.165, 1.54) is 74.0 Å². The van der Waals surface area contributed by atoms with Gasteiger partial charge in [0.15, 0.2) is 0 Å². The van der Waals surface area contributed by atoms with Gasteiger partial charge in [0, 0.05) is 22.6 Å². The van der Waals surface area contributed by atoms with Crippen LogP contribution in [0.5, 0.6) is 5.75 Å². The van der Waals surface area contributed by atoms with E-state index < -0.39 is 32.5 Å². The van der Waals surface area contributed by atoms with Crippen LogP contribution in [0, 0.1) is 6.92 Å². The summed E-state index contributed by atoms with van der Waals surface area (Å²) in [6.45, 7) is 1.12. The molecule has 11 nitrogen and oxygen atoms in total. The molecule has 4 rings (SSSR count). The Labute approximate surface area is 236 Å². The Morgan fingerprint density at radius 1 is 0.950 bits per heavy atom. The number of rotatable bonds is 10. The van der Waals surface area contributed by atoms with Crippen LogP contribution in [0.2, 0.25) is 5.02 Å². The molecule has 40 heavy (non-hydrogen) atoms. The monoisotopic (exact) mass is 601 g/mol. The predicted octanol–water partition coefficient (Wildman–Crippen LogP) is 4.08. The molecule has 14 heteroatoms. The maximum atomic E-state index is 13.5. The van der Waals surface area contributed by atoms with Crippen LogP contribution in [0.15, 0.2) is 94.9 Å². The molecule has 0 aliphatic heterocycles. The number of anilines is 3. The second-order valence-electron chi connectivity index (χ2n) is 8.37. The number of halogens is 1. The fourth-order valence-electron chi connectivity index (χ4n) is 3.55. The summed E-state index contributed by atoms with van der Waals surface area (Å²) in [5.41, 5.74) is 1.03. The molecule has 0 aliphatic rings. The fourth-order valence-corrected chi connectivity index (χ4v) is 6.10. The first-order chi connectivity index (χ1) is 19.0. The summed E-state index contributed by atoms with van der Waals surface area (Å²) in [6, 6.07) is 18.8. The van der Waals surface area contributed by atoms with Crippen LogP contribution in [0.25, 0.3) is 0 Å². The van der Waals surface area contributed by atoms with E-state index in [4.69, 9.17) is 16.3 Å². The summed E-state index contributed by atoms with van der Waals surface area (Å²) >= 11 is 6.10. The summed E-state index contributed by atoms with van der Waals surface area (Å²) < 4.78 is 60.8. The molecule has 0 bridgehead atoms. The first-order valence-electron chi connectivity index (χ1n) is 11.6. The third-order valence-electron chi connectivity index (χ3n) is 5.50. The van der Waals surface area contributed by atoms with Crippen molar-refractivity contribution in [2.24, 2.45) is 0 Å². The van der Waals surface area contributed by atoms with Gasteiger partial charge in [-0.2, -0.15) is 0 Å². The van der Waals surface area contributed by atoms with Gasteiger partial charge in [-0.1, -0.05) is 17.7 Å². The van der Waals surface area contributed by atoms with Crippen LogP contribution in [-0.4, -0.2) is 46.4 Å². The fraction of sp³-hybridized carbons (Fsp3) is 0.115. The molecule has 0 atom stereocenters. The zero-order valence-corrected chi connectivity index (χ0v) is 23.7. The number of nitrogens with zero attached hydrogens (tertiary/aromatic N) is 3. The van der Waals surface area contributed by atoms with Crippen LogP contribution in [0.4, 0.5) is 17.3 Å². The Hall–Kier alpha value is -4.20. The molecule has 0 radical (unpaired) electrons. The van der Waals surface area contributed by atoms with Crippen molar-refractivity contribution >= 4 is 54.9 Å². The lowest BCUT2D eigenvalue weighted by Gasteiger charge is -2.24. The van der Waals surface area contributed by atoms with E-state index in [0.29, 0.717) is 11.4 Å². The molecule has 0 saturated heterocycles. The maximum Gasteiger partial charge on any atom is 0.264 e. The minimum atomic E-state index is -4.18. The molecule has 1 amide bonds. The maximum absolute atomic E-state index is 13.5. The number of hydrogen-bond donors (Lipinski definition) is 2. The quantitative estimate of drug-likeness (QED) is 0.276. The number of aromatic nitrogens is 2. The number of hydrogen-bond acceptors (Lipinski definition) is 8. The number of carbonyl (C=O) groups excluding carboxylic acids is 1. The molecule has 2 N–H and O–H groups in total. The van der Waals surface area contributed by atoms with Gasteiger partial charge in [-0.05, 0) is 79.7 Å². The van der Waals surface area contributed by atoms with Gasteiger partial charge in [0.2, 0.25) is 11.9 Å². The highest BCUT2D eigenvalue weighted by Crippen LogP contribution is 2.27. The predicted molar refractivity (Wildman–Crippen MR) is 152 cm³/mol. The minimum absolute atomic E-state index is 0.0549. The van der Waals surface area contributed by atoms with Crippen LogP contribution in [-0.2, 0) is 24.8 Å². The number of sulfonamides is 2. The molecule has 0 unspecified atom stereocenters. The molecular formula is C26H24ClN5O6S2. The van der Waals surface area contributed by atoms with Crippen molar-refractivity contribution in [3.05, 3.63) is 95.8 Å². The number of aryl methyl sites for hydroxylation is 1. The Balaban J connectivity index is 1.53. The van der Waals surface area contributed by atoms with Crippen molar-refractivity contribution in [1.29, 1.82) is 0 Å². The molecule has 0 spiro atoms. The van der Waals surface area contributed by atoms with Gasteiger partial charge in [-0.25, -0.2) is 31.5 Å². The Morgan fingerprint density at radius 2 is 1.62 bits per heavy atom. The number of carbonyl (C=O) groups is 1. The zero-order valence-electron chi connectivity index (χ0n) is 21.3. The van der Waals surface area contributed by atoms with Crippen LogP contribution < -0.4 is 19.1 Å². The SMILES string of the molecule is COc1ccc(S(=O)(=O)N(CC(=O)Nc2ccc(S(=O)(=O)Nc3nccc(C)n3)cc2)c2cccc(Cl)c2)cc1. The van der Waals surface area contributed by atoms with E-state index in [1.807, 2.05) is 0 Å². The standard InChI is InChI=1S/C26H24ClN5O6S2/c1-18-14-15-28-26(29-18)31-39(34,35)23-10-6-20(7-11-23)30-25(33)17-32(21-5-3-4-19(27)16-21)40(36,37)24-12-8-22(38-2)9-13-24/h3-16H,17H2,1-2H3,(H,30,33)(H,28,29,31). The van der Waals surface area contributed by atoms with Gasteiger partial charge in [0.05, 0.1) is 22.6 Å². The first-order valence-corrected chi connectivity index (χ1v) is 14.9. The van der Waals surface area contributed by atoms with E-state index in [1.54, 1.807) is 25.1 Å². The highest BCUT2D eigenvalue weighted by molar-refractivity contribution is 7.93. The van der Waals surface area contributed by atoms with Crippen molar-refractivity contribution in [2.45, 2.75) is 16.7 Å². The van der Waals surface area contributed by atoms with Gasteiger partial charge >= 0.3 is 0 Å². The van der Waals surface area contributed by atoms with Crippen LogP contribution in [0.3, 0.4) is 0 Å². The molecule has 0 fully saturated rings. The smallest absolute Gasteiger partial charge is 0.264 e. The third-order valence-corrected chi connectivity index (χ3v) is 8.87. The van der Waals surface area contributed by atoms with Gasteiger partial charge in [-0.15, -0.1) is 0 Å². The second kappa shape index (κ2) is 11.9. The number of methoxy groups -OCH3 is 1. The van der Waals surface area contributed by atoms with Crippen molar-refractivity contribution in [2.75, 3.05) is 28.0 Å². The van der Waals surface area contributed by atoms with Gasteiger partial charge in [0.25, 0.3) is 20.0 Å². The van der Waals surface area contributed by atoms with Crippen molar-refractivity contribution < 1.29 is 26.4 Å². The summed E-state index contributed by atoms with van der Waals surface area (Å²) in [6.07, 6.45) is 1.43. The number of ether oxygens (including phenoxy) is 1. The summed E-state index contributed by atoms with van der Waals surface area (Å²) in [4.78, 5) is 20.8. The Morgan fingerprint density at radius 3 is 2.25 bits per heavy atom. The van der Waals surface area contributed by atoms with E-state index in [-0.39, 0.29) is 32.1 Å². The van der Waals surface area contributed by atoms with Crippen molar-refractivity contribution in [3.63, 3.8) is 0 Å². The van der Waals surface area contributed by atoms with E-state index >= 15 is 0 Å². The lowest BCUT2D eigenvalue weighted by Crippen LogP contribution is -2.38. The molecule has 0 aliphatic carbocycles. The molecule has 1 heterocycles. The normalized spacial score (nSPS) is 11.5. The van der Waals surface area contributed by atoms with Gasteiger partial charge < -0.3 is 10.1 Å². The highest BCUT2D eigenvalue weighted by atomic mass is 35.5. The van der Waals surface area contributed by atoms with Gasteiger partial charge in [-0.3, -0.25) is 9.10 Å². The van der Waals surface area contributed by atoms with Crippen LogP contribution >= 0.6 is 11.6 Å². The van der Waals surface area contributed by atoms with E-state index in [2.05, 4.69) is 20.0 Å². The number of nitrogens with one attached hydrogen (secondary N) is 2. The molecule has 3 aromatic carbocycles. The molecule has 4 aromatic rings. The zero-order chi connectivity index (χ0) is 28.9. The summed E-state index contributed by atoms with van der Waals surface area (Å²) in [5, 5.41) is 2.88. The molecule has 0 saturated carbocycles. The van der Waals surface area contributed by atoms with E-state index in [0.717, 1.165) is 4.31 Å². The lowest BCUT2D eigenvalue weighted by molar-refractivity contribution is -0.114. The van der Waals surface area contributed by atoms with E-state index in [9.17, 15) is 21.6 Å². The molecular weight excluding hydrogens is 578 g/mol. The van der Waals surface area contributed by atoms with Crippen LogP contribution in [0.1, 0.15) is 5.69 Å². The minimum Gasteiger partial charge on any atom is -0.497 e. The number of benzene rings is 3. The number of amides is 1. The lowest BCUT2D eigenvalue weighted by atomic mass is 10.3. The third kappa shape index (κ3) is 6.86. The first kappa shape index (κ1) is 28.8. The van der Waals surface area contributed by atoms with Gasteiger partial charge in [0.1, 0.15) is 12.3 Å². The Kier molecular flexibility index (Phi) is 8.57. The topological polar surface area (TPSA) is 148 Å². The average Bonchev–Trinajstić information content (AvgIpc) is 2.92. The molecule has 208 valence electrons. The second-order valence-corrected chi connectivity index (χ2v) is 12.3. The summed E-state index contributed by atoms with van der Waals surface area (Å²) in [5.74, 6) is -0.270. The summed E-state index contributed by atoms with van der Waals surface area (Å²) in [7, 11) is -6.71. The Bertz CT molecular complexity index is 1730. The van der Waals surface area contributed by atoms with Crippen molar-refractivity contribution in [3.8, 4) is 5.75 Å². The highest BCUT2D eigenvalue weighted by Gasteiger charge is 2.28. The largest absolute Gasteiger partial charge is 0.497 e. The average molecular weight is 602 g/mol.